The second kappa shape index (κ2) is 10.1. The van der Waals surface area contributed by atoms with Crippen molar-refractivity contribution < 1.29 is 0 Å². The maximum absolute atomic E-state index is 8.88. The summed E-state index contributed by atoms with van der Waals surface area (Å²) in [6.45, 7) is 6.08. The van der Waals surface area contributed by atoms with Crippen molar-refractivity contribution >= 4 is 56.4 Å². The summed E-state index contributed by atoms with van der Waals surface area (Å²) in [7, 11) is 0. The first-order valence-corrected chi connectivity index (χ1v) is 10.3. The standard InChI is InChI=1S/C21H12N4S3/c1-3-19(21-7-5-18(28-21)9-16(12-24)13-25)26-14(2)20-6-4-17(27-20)8-15(10-22)11-23/h3-9H,2H2,1H3/b19-3-. The molecule has 0 amide bonds. The summed E-state index contributed by atoms with van der Waals surface area (Å²) in [5.41, 5.74) is 0.134. The molecule has 0 saturated heterocycles. The summed E-state index contributed by atoms with van der Waals surface area (Å²) >= 11 is 4.48. The summed E-state index contributed by atoms with van der Waals surface area (Å²) in [5, 5.41) is 35.5. The molecule has 0 spiro atoms. The predicted molar refractivity (Wildman–Crippen MR) is 117 cm³/mol. The van der Waals surface area contributed by atoms with E-state index in [1.54, 1.807) is 12.2 Å². The normalized spacial score (nSPS) is 9.96. The second-order valence-electron chi connectivity index (χ2n) is 5.15. The molecule has 2 heterocycles. The van der Waals surface area contributed by atoms with E-state index in [-0.39, 0.29) is 11.1 Å². The maximum Gasteiger partial charge on any atom is 0.131 e. The van der Waals surface area contributed by atoms with Crippen LogP contribution in [-0.2, 0) is 0 Å². The van der Waals surface area contributed by atoms with Gasteiger partial charge in [0.05, 0.1) is 0 Å². The summed E-state index contributed by atoms with van der Waals surface area (Å²) < 4.78 is 0. The van der Waals surface area contributed by atoms with E-state index in [0.717, 1.165) is 29.3 Å². The first-order valence-electron chi connectivity index (χ1n) is 7.81. The molecule has 0 aliphatic rings. The molecule has 0 unspecified atom stereocenters. The number of allylic oxidation sites excluding steroid dienone is 3. The van der Waals surface area contributed by atoms with Crippen LogP contribution in [0.5, 0.6) is 0 Å². The lowest BCUT2D eigenvalue weighted by molar-refractivity contribution is 1.47. The number of nitriles is 4. The van der Waals surface area contributed by atoms with Crippen LogP contribution in [0.4, 0.5) is 0 Å². The van der Waals surface area contributed by atoms with Crippen LogP contribution in [0.1, 0.15) is 26.4 Å². The van der Waals surface area contributed by atoms with Crippen molar-refractivity contribution in [3.8, 4) is 24.3 Å². The molecule has 0 fully saturated rings. The molecule has 0 N–H and O–H groups in total. The van der Waals surface area contributed by atoms with E-state index in [1.165, 1.54) is 34.4 Å². The molecule has 7 heteroatoms. The number of hydrogen-bond acceptors (Lipinski definition) is 7. The lowest BCUT2D eigenvalue weighted by Crippen LogP contribution is -1.75. The van der Waals surface area contributed by atoms with Gasteiger partial charge in [0.1, 0.15) is 35.4 Å². The SMILES string of the molecule is C=C(S/C(=C\C)c1ccc(C=C(C#N)C#N)s1)c1ccc(C=C(C#N)C#N)s1. The lowest BCUT2D eigenvalue weighted by Gasteiger charge is -2.05. The Morgan fingerprint density at radius 2 is 1.32 bits per heavy atom. The van der Waals surface area contributed by atoms with Crippen molar-refractivity contribution in [1.29, 1.82) is 21.0 Å². The Labute approximate surface area is 175 Å². The van der Waals surface area contributed by atoms with Gasteiger partial charge >= 0.3 is 0 Å². The molecule has 134 valence electrons. The average Bonchev–Trinajstić information content (AvgIpc) is 3.37. The third kappa shape index (κ3) is 5.34. The first kappa shape index (κ1) is 21.0. The van der Waals surface area contributed by atoms with E-state index in [2.05, 4.69) is 6.58 Å². The fourth-order valence-electron chi connectivity index (χ4n) is 2.04. The predicted octanol–water partition coefficient (Wildman–Crippen LogP) is 6.44. The van der Waals surface area contributed by atoms with Gasteiger partial charge in [-0.25, -0.2) is 0 Å². The van der Waals surface area contributed by atoms with Crippen molar-refractivity contribution in [2.24, 2.45) is 0 Å². The van der Waals surface area contributed by atoms with Gasteiger partial charge in [-0.2, -0.15) is 21.0 Å². The highest BCUT2D eigenvalue weighted by molar-refractivity contribution is 8.16. The molecule has 2 aromatic heterocycles. The minimum atomic E-state index is 0.0640. The quantitative estimate of drug-likeness (QED) is 0.505. The lowest BCUT2D eigenvalue weighted by atomic mass is 10.3. The van der Waals surface area contributed by atoms with Gasteiger partial charge < -0.3 is 0 Å². The Kier molecular flexibility index (Phi) is 7.58. The Bertz CT molecular complexity index is 1130. The number of thioether (sulfide) groups is 1. The molecule has 0 aliphatic heterocycles. The van der Waals surface area contributed by atoms with Crippen LogP contribution in [0.2, 0.25) is 0 Å². The minimum Gasteiger partial charge on any atom is -0.192 e. The molecule has 0 bridgehead atoms. The molecule has 0 atom stereocenters. The maximum atomic E-state index is 8.88. The monoisotopic (exact) mass is 416 g/mol. The number of hydrogen-bond donors (Lipinski definition) is 0. The number of nitrogens with zero attached hydrogens (tertiary/aromatic N) is 4. The number of thiophene rings is 2. The summed E-state index contributed by atoms with van der Waals surface area (Å²) in [6.07, 6.45) is 5.12. The second-order valence-corrected chi connectivity index (χ2v) is 8.51. The van der Waals surface area contributed by atoms with Gasteiger partial charge in [-0.15, -0.1) is 22.7 Å². The average molecular weight is 417 g/mol. The third-order valence-electron chi connectivity index (χ3n) is 3.32. The topological polar surface area (TPSA) is 95.2 Å². The third-order valence-corrected chi connectivity index (χ3v) is 6.88. The first-order chi connectivity index (χ1) is 13.5. The zero-order valence-electron chi connectivity index (χ0n) is 14.8. The fraction of sp³-hybridized carbons (Fsp3) is 0.0476. The van der Waals surface area contributed by atoms with E-state index in [1.807, 2.05) is 61.5 Å². The summed E-state index contributed by atoms with van der Waals surface area (Å²) in [6, 6.07) is 15.0. The highest BCUT2D eigenvalue weighted by atomic mass is 32.2. The van der Waals surface area contributed by atoms with Gasteiger partial charge in [-0.3, -0.25) is 0 Å². The van der Waals surface area contributed by atoms with Crippen molar-refractivity contribution in [3.05, 3.63) is 67.6 Å². The Morgan fingerprint density at radius 1 is 0.857 bits per heavy atom. The Balaban J connectivity index is 2.18. The molecule has 0 aliphatic carbocycles. The van der Waals surface area contributed by atoms with Crippen molar-refractivity contribution in [3.63, 3.8) is 0 Å². The van der Waals surface area contributed by atoms with E-state index >= 15 is 0 Å². The molecule has 28 heavy (non-hydrogen) atoms. The van der Waals surface area contributed by atoms with Crippen LogP contribution in [0.25, 0.3) is 22.0 Å². The van der Waals surface area contributed by atoms with E-state index in [9.17, 15) is 0 Å². The van der Waals surface area contributed by atoms with Crippen LogP contribution in [0.3, 0.4) is 0 Å². The van der Waals surface area contributed by atoms with Crippen molar-refractivity contribution in [2.75, 3.05) is 0 Å². The summed E-state index contributed by atoms with van der Waals surface area (Å²) in [4.78, 5) is 5.50. The zero-order valence-corrected chi connectivity index (χ0v) is 17.2. The van der Waals surface area contributed by atoms with E-state index in [4.69, 9.17) is 21.0 Å². The summed E-state index contributed by atoms with van der Waals surface area (Å²) in [5.74, 6) is 0. The van der Waals surface area contributed by atoms with Gasteiger partial charge in [-0.05, 0) is 43.3 Å². The van der Waals surface area contributed by atoms with Gasteiger partial charge in [0.25, 0.3) is 0 Å². The van der Waals surface area contributed by atoms with Gasteiger partial charge in [0, 0.05) is 29.3 Å². The highest BCUT2D eigenvalue weighted by Crippen LogP contribution is 2.42. The molecule has 0 aromatic carbocycles. The largest absolute Gasteiger partial charge is 0.192 e. The highest BCUT2D eigenvalue weighted by Gasteiger charge is 2.11. The smallest absolute Gasteiger partial charge is 0.131 e. The molecule has 4 nitrogen and oxygen atoms in total. The molecule has 0 radical (unpaired) electrons. The van der Waals surface area contributed by atoms with Crippen LogP contribution in [0, 0.1) is 45.3 Å². The molecule has 0 saturated carbocycles. The molecular formula is C21H12N4S3. The van der Waals surface area contributed by atoms with Crippen LogP contribution < -0.4 is 0 Å². The zero-order chi connectivity index (χ0) is 20.5. The fourth-order valence-corrected chi connectivity index (χ4v) is 5.00. The van der Waals surface area contributed by atoms with Crippen molar-refractivity contribution in [2.45, 2.75) is 6.92 Å². The molecular weight excluding hydrogens is 404 g/mol. The van der Waals surface area contributed by atoms with Gasteiger partial charge in [0.2, 0.25) is 0 Å². The molecule has 2 rings (SSSR count). The van der Waals surface area contributed by atoms with Crippen LogP contribution >= 0.6 is 34.4 Å². The Morgan fingerprint density at radius 3 is 1.79 bits per heavy atom. The Hall–Kier alpha value is -3.33. The number of rotatable bonds is 6. The van der Waals surface area contributed by atoms with Crippen LogP contribution in [-0.4, -0.2) is 0 Å². The molecule has 2 aromatic rings. The minimum absolute atomic E-state index is 0.0640. The van der Waals surface area contributed by atoms with Gasteiger partial charge in [-0.1, -0.05) is 24.4 Å². The van der Waals surface area contributed by atoms with Crippen molar-refractivity contribution in [1.82, 2.24) is 0 Å². The van der Waals surface area contributed by atoms with Gasteiger partial charge in [0.15, 0.2) is 0 Å². The van der Waals surface area contributed by atoms with E-state index < -0.39 is 0 Å². The van der Waals surface area contributed by atoms with E-state index in [0.29, 0.717) is 0 Å². The van der Waals surface area contributed by atoms with Crippen LogP contribution in [0.15, 0.2) is 48.1 Å².